The number of fused-ring (bicyclic) bond motifs is 1. The number of carbonyl (C=O) groups is 2. The summed E-state index contributed by atoms with van der Waals surface area (Å²) in [6, 6.07) is 14.4. The third-order valence-corrected chi connectivity index (χ3v) is 6.27. The van der Waals surface area contributed by atoms with Gasteiger partial charge >= 0.3 is 0 Å². The molecule has 0 aromatic heterocycles. The Bertz CT molecular complexity index is 981. The number of hydrogen-bond acceptors (Lipinski definition) is 3. The van der Waals surface area contributed by atoms with E-state index < -0.39 is 6.10 Å². The van der Waals surface area contributed by atoms with Crippen LogP contribution in [0.4, 0.5) is 0 Å². The number of nitrogens with zero attached hydrogens (tertiary/aromatic N) is 1. The molecule has 0 saturated carbocycles. The van der Waals surface area contributed by atoms with Crippen molar-refractivity contribution >= 4 is 11.8 Å². The molecule has 2 amide bonds. The average Bonchev–Trinajstić information content (AvgIpc) is 2.80. The Morgan fingerprint density at radius 3 is 2.38 bits per heavy atom. The van der Waals surface area contributed by atoms with Gasteiger partial charge in [-0.2, -0.15) is 0 Å². The van der Waals surface area contributed by atoms with Gasteiger partial charge in [-0.25, -0.2) is 0 Å². The van der Waals surface area contributed by atoms with Gasteiger partial charge in [0.2, 0.25) is 5.91 Å². The van der Waals surface area contributed by atoms with Gasteiger partial charge in [0.1, 0.15) is 5.75 Å². The molecule has 184 valence electrons. The zero-order valence-corrected chi connectivity index (χ0v) is 21.6. The summed E-state index contributed by atoms with van der Waals surface area (Å²) < 4.78 is 6.17. The number of amides is 2. The van der Waals surface area contributed by atoms with Gasteiger partial charge in [-0.05, 0) is 60.4 Å². The average molecular weight is 465 g/mol. The molecule has 1 N–H and O–H groups in total. The van der Waals surface area contributed by atoms with E-state index in [4.69, 9.17) is 4.74 Å². The molecular weight excluding hydrogens is 424 g/mol. The van der Waals surface area contributed by atoms with Gasteiger partial charge in [0.05, 0.1) is 6.04 Å². The Hall–Kier alpha value is -2.82. The Morgan fingerprint density at radius 2 is 1.76 bits per heavy atom. The zero-order valence-electron chi connectivity index (χ0n) is 21.6. The standard InChI is InChI=1S/C29H40N2O3/c1-7-26(29(33)30-18-20(4)5)34-24-13-12-22-14-15-31(27(32)16-19(2)3)28(25(22)17-24)23-10-8-21(6)9-11-23/h8-13,17,19-20,26,28H,7,14-16,18H2,1-6H3,(H,30,33)/t26-,28-/m0/s1. The van der Waals surface area contributed by atoms with Crippen LogP contribution in [0, 0.1) is 18.8 Å². The van der Waals surface area contributed by atoms with Crippen LogP contribution >= 0.6 is 0 Å². The third-order valence-electron chi connectivity index (χ3n) is 6.27. The van der Waals surface area contributed by atoms with E-state index in [1.54, 1.807) is 0 Å². The van der Waals surface area contributed by atoms with E-state index in [1.807, 2.05) is 24.0 Å². The number of benzene rings is 2. The summed E-state index contributed by atoms with van der Waals surface area (Å²) in [7, 11) is 0. The Morgan fingerprint density at radius 1 is 1.06 bits per heavy atom. The van der Waals surface area contributed by atoms with E-state index in [1.165, 1.54) is 11.1 Å². The van der Waals surface area contributed by atoms with Gasteiger partial charge in [-0.15, -0.1) is 0 Å². The molecule has 3 rings (SSSR count). The smallest absolute Gasteiger partial charge is 0.261 e. The molecule has 0 radical (unpaired) electrons. The first kappa shape index (κ1) is 25.8. The second-order valence-electron chi connectivity index (χ2n) is 10.3. The Balaban J connectivity index is 1.94. The number of hydrogen-bond donors (Lipinski definition) is 1. The van der Waals surface area contributed by atoms with E-state index in [0.717, 1.165) is 17.5 Å². The molecule has 0 bridgehead atoms. The van der Waals surface area contributed by atoms with Gasteiger partial charge in [0, 0.05) is 19.5 Å². The molecule has 0 aliphatic carbocycles. The predicted molar refractivity (Wildman–Crippen MR) is 137 cm³/mol. The minimum atomic E-state index is -0.545. The van der Waals surface area contributed by atoms with Crippen molar-refractivity contribution in [2.75, 3.05) is 13.1 Å². The van der Waals surface area contributed by atoms with Crippen molar-refractivity contribution in [2.45, 2.75) is 73.0 Å². The van der Waals surface area contributed by atoms with Crippen LogP contribution in [0.5, 0.6) is 5.75 Å². The molecule has 1 heterocycles. The highest BCUT2D eigenvalue weighted by Gasteiger charge is 2.33. The SMILES string of the molecule is CC[C@H](Oc1ccc2c(c1)[C@H](c1ccc(C)cc1)N(C(=O)CC(C)C)CC2)C(=O)NCC(C)C. The van der Waals surface area contributed by atoms with Crippen LogP contribution in [0.2, 0.25) is 0 Å². The first-order valence-corrected chi connectivity index (χ1v) is 12.6. The van der Waals surface area contributed by atoms with Crippen LogP contribution in [0.25, 0.3) is 0 Å². The molecule has 2 atom stereocenters. The first-order valence-electron chi connectivity index (χ1n) is 12.6. The molecule has 2 aromatic carbocycles. The number of carbonyl (C=O) groups excluding carboxylic acids is 2. The molecule has 1 aliphatic rings. The van der Waals surface area contributed by atoms with Crippen molar-refractivity contribution in [1.82, 2.24) is 10.2 Å². The molecule has 0 saturated heterocycles. The number of ether oxygens (including phenoxy) is 1. The summed E-state index contributed by atoms with van der Waals surface area (Å²) in [5.41, 5.74) is 4.60. The number of aryl methyl sites for hydroxylation is 1. The molecule has 1 aliphatic heterocycles. The van der Waals surface area contributed by atoms with Crippen LogP contribution in [0.3, 0.4) is 0 Å². The van der Waals surface area contributed by atoms with Crippen LogP contribution in [0.1, 0.15) is 75.8 Å². The fourth-order valence-electron chi connectivity index (χ4n) is 4.41. The predicted octanol–water partition coefficient (Wildman–Crippen LogP) is 5.44. The van der Waals surface area contributed by atoms with Gasteiger partial charge in [0.15, 0.2) is 6.10 Å². The molecule has 5 nitrogen and oxygen atoms in total. The lowest BCUT2D eigenvalue weighted by Crippen LogP contribution is -2.41. The largest absolute Gasteiger partial charge is 0.481 e. The minimum Gasteiger partial charge on any atom is -0.481 e. The lowest BCUT2D eigenvalue weighted by atomic mass is 9.87. The van der Waals surface area contributed by atoms with Crippen LogP contribution in [-0.4, -0.2) is 35.9 Å². The van der Waals surface area contributed by atoms with Crippen molar-refractivity contribution in [3.05, 3.63) is 64.7 Å². The third kappa shape index (κ3) is 6.40. The molecule has 0 spiro atoms. The maximum atomic E-state index is 13.2. The number of rotatable bonds is 9. The normalized spacial score (nSPS) is 16.4. The van der Waals surface area contributed by atoms with Gasteiger partial charge in [-0.1, -0.05) is 70.5 Å². The van der Waals surface area contributed by atoms with Crippen LogP contribution in [-0.2, 0) is 16.0 Å². The quantitative estimate of drug-likeness (QED) is 0.537. The van der Waals surface area contributed by atoms with E-state index in [0.29, 0.717) is 43.5 Å². The summed E-state index contributed by atoms with van der Waals surface area (Å²) in [4.78, 5) is 27.9. The fraction of sp³-hybridized carbons (Fsp3) is 0.517. The van der Waals surface area contributed by atoms with E-state index in [-0.39, 0.29) is 17.9 Å². The molecule has 5 heteroatoms. The summed E-state index contributed by atoms with van der Waals surface area (Å²) in [6.07, 6.45) is 1.38. The highest BCUT2D eigenvalue weighted by molar-refractivity contribution is 5.81. The molecule has 2 aromatic rings. The van der Waals surface area contributed by atoms with Gasteiger partial charge in [-0.3, -0.25) is 9.59 Å². The van der Waals surface area contributed by atoms with Crippen molar-refractivity contribution in [1.29, 1.82) is 0 Å². The van der Waals surface area contributed by atoms with E-state index in [2.05, 4.69) is 70.3 Å². The Kier molecular flexibility index (Phi) is 8.76. The van der Waals surface area contributed by atoms with Gasteiger partial charge < -0.3 is 15.0 Å². The van der Waals surface area contributed by atoms with E-state index >= 15 is 0 Å². The second kappa shape index (κ2) is 11.5. The topological polar surface area (TPSA) is 58.6 Å². The van der Waals surface area contributed by atoms with Crippen molar-refractivity contribution in [3.63, 3.8) is 0 Å². The van der Waals surface area contributed by atoms with Crippen molar-refractivity contribution in [2.24, 2.45) is 11.8 Å². The maximum Gasteiger partial charge on any atom is 0.261 e. The highest BCUT2D eigenvalue weighted by atomic mass is 16.5. The fourth-order valence-corrected chi connectivity index (χ4v) is 4.41. The highest BCUT2D eigenvalue weighted by Crippen LogP contribution is 2.38. The monoisotopic (exact) mass is 464 g/mol. The van der Waals surface area contributed by atoms with Crippen LogP contribution in [0.15, 0.2) is 42.5 Å². The van der Waals surface area contributed by atoms with E-state index in [9.17, 15) is 9.59 Å². The lowest BCUT2D eigenvalue weighted by molar-refractivity contribution is -0.134. The zero-order chi connectivity index (χ0) is 24.8. The Labute approximate surface area is 204 Å². The van der Waals surface area contributed by atoms with Crippen molar-refractivity contribution < 1.29 is 14.3 Å². The molecule has 0 unspecified atom stereocenters. The molecule has 0 fully saturated rings. The first-order chi connectivity index (χ1) is 16.2. The van der Waals surface area contributed by atoms with Crippen molar-refractivity contribution in [3.8, 4) is 5.75 Å². The minimum absolute atomic E-state index is 0.0854. The summed E-state index contributed by atoms with van der Waals surface area (Å²) in [6.45, 7) is 13.7. The molecular formula is C29H40N2O3. The van der Waals surface area contributed by atoms with Gasteiger partial charge in [0.25, 0.3) is 5.91 Å². The molecule has 34 heavy (non-hydrogen) atoms. The maximum absolute atomic E-state index is 13.2. The second-order valence-corrected chi connectivity index (χ2v) is 10.3. The summed E-state index contributed by atoms with van der Waals surface area (Å²) in [5.74, 6) is 1.45. The summed E-state index contributed by atoms with van der Waals surface area (Å²) in [5, 5.41) is 2.98. The van der Waals surface area contributed by atoms with Crippen LogP contribution < -0.4 is 10.1 Å². The lowest BCUT2D eigenvalue weighted by Gasteiger charge is -2.38. The summed E-state index contributed by atoms with van der Waals surface area (Å²) >= 11 is 0. The number of nitrogens with one attached hydrogen (secondary N) is 1.